The van der Waals surface area contributed by atoms with Crippen molar-refractivity contribution in [2.24, 2.45) is 0 Å². The predicted octanol–water partition coefficient (Wildman–Crippen LogP) is 21.7. The van der Waals surface area contributed by atoms with Crippen molar-refractivity contribution >= 4 is 39.5 Å². The van der Waals surface area contributed by atoms with Gasteiger partial charge < -0.3 is 33.8 Å². The molecule has 0 aromatic heterocycles. The zero-order valence-corrected chi connectivity index (χ0v) is 63.6. The second-order valence-corrected chi connectivity index (χ2v) is 27.3. The van der Waals surface area contributed by atoms with E-state index in [0.717, 1.165) is 161 Å². The van der Waals surface area contributed by atoms with Gasteiger partial charge in [-0.1, -0.05) is 243 Å². The Kier molecular flexibility index (Phi) is 68.2. The summed E-state index contributed by atoms with van der Waals surface area (Å²) in [6, 6.07) is 0. The first-order valence-corrected chi connectivity index (χ1v) is 40.7. The van der Waals surface area contributed by atoms with Gasteiger partial charge in [-0.05, 0) is 161 Å². The number of phosphoric acid groups is 2. The van der Waals surface area contributed by atoms with E-state index < -0.39 is 97.5 Å². The van der Waals surface area contributed by atoms with E-state index in [1.165, 1.54) is 25.7 Å². The van der Waals surface area contributed by atoms with Crippen molar-refractivity contribution < 1.29 is 80.2 Å². The highest BCUT2D eigenvalue weighted by Gasteiger charge is 2.30. The molecule has 0 fully saturated rings. The molecule has 0 rings (SSSR count). The van der Waals surface area contributed by atoms with Crippen LogP contribution < -0.4 is 0 Å². The molecule has 0 aliphatic carbocycles. The lowest BCUT2D eigenvalue weighted by molar-refractivity contribution is -0.161. The summed E-state index contributed by atoms with van der Waals surface area (Å²) in [4.78, 5) is 72.8. The second-order valence-electron chi connectivity index (χ2n) is 24.4. The van der Waals surface area contributed by atoms with Gasteiger partial charge in [0.2, 0.25) is 0 Å². The molecule has 5 atom stereocenters. The number of hydrogen-bond acceptors (Lipinski definition) is 15. The van der Waals surface area contributed by atoms with Crippen LogP contribution in [0.15, 0.2) is 158 Å². The molecule has 0 bridgehead atoms. The average Bonchev–Trinajstić information content (AvgIpc) is 1.06. The van der Waals surface area contributed by atoms with E-state index in [1.54, 1.807) is 0 Å². The van der Waals surface area contributed by atoms with Crippen molar-refractivity contribution in [1.29, 1.82) is 0 Å². The number of esters is 4. The molecule has 5 unspecified atom stereocenters. The van der Waals surface area contributed by atoms with Gasteiger partial charge in [0.15, 0.2) is 12.2 Å². The maximum absolute atomic E-state index is 13.1. The third kappa shape index (κ3) is 71.1. The van der Waals surface area contributed by atoms with E-state index in [-0.39, 0.29) is 25.7 Å². The third-order valence-electron chi connectivity index (χ3n) is 15.0. The van der Waals surface area contributed by atoms with E-state index in [9.17, 15) is 43.2 Å². The monoisotopic (exact) mass is 1440 g/mol. The van der Waals surface area contributed by atoms with Crippen molar-refractivity contribution in [2.75, 3.05) is 39.6 Å². The SMILES string of the molecule is CC/C=C\C/C=C\C/C=C\C/C=C\C/C=C\CCCC(=O)OCC(COP(=O)(O)OCC(O)COP(=O)(O)OCC(COC(=O)CCCC/C=C\C/C=C\C/C=C\C/C=C\CC)OC(=O)CCCCCCC/C=C\CCCCCC)OC(=O)CCCCCCC/C=C\C/C=C\C/C=C\CC. The number of aliphatic hydroxyl groups excluding tert-OH is 1. The minimum Gasteiger partial charge on any atom is -0.462 e. The zero-order chi connectivity index (χ0) is 73.2. The molecular weight excluding hydrogens is 1310 g/mol. The van der Waals surface area contributed by atoms with E-state index >= 15 is 0 Å². The molecular formula is C81H132O17P2. The van der Waals surface area contributed by atoms with Gasteiger partial charge in [-0.25, -0.2) is 9.13 Å². The van der Waals surface area contributed by atoms with Crippen molar-refractivity contribution in [3.63, 3.8) is 0 Å². The molecule has 0 heterocycles. The largest absolute Gasteiger partial charge is 0.472 e. The number of unbranched alkanes of at least 4 members (excludes halogenated alkanes) is 17. The number of aliphatic hydroxyl groups is 1. The Morgan fingerprint density at radius 1 is 0.290 bits per heavy atom. The Balaban J connectivity index is 5.47. The number of ether oxygens (including phenoxy) is 4. The van der Waals surface area contributed by atoms with Gasteiger partial charge in [-0.2, -0.15) is 0 Å². The first-order valence-electron chi connectivity index (χ1n) is 37.7. The maximum atomic E-state index is 13.1. The summed E-state index contributed by atoms with van der Waals surface area (Å²) in [5.41, 5.74) is 0. The van der Waals surface area contributed by atoms with E-state index in [2.05, 4.69) is 174 Å². The molecule has 568 valence electrons. The predicted molar refractivity (Wildman–Crippen MR) is 408 cm³/mol. The summed E-state index contributed by atoms with van der Waals surface area (Å²) < 4.78 is 68.3. The first-order chi connectivity index (χ1) is 48.7. The van der Waals surface area contributed by atoms with Gasteiger partial charge in [0.1, 0.15) is 19.3 Å². The molecule has 100 heavy (non-hydrogen) atoms. The number of phosphoric ester groups is 2. The van der Waals surface area contributed by atoms with Crippen LogP contribution in [0.3, 0.4) is 0 Å². The van der Waals surface area contributed by atoms with Crippen LogP contribution in [0.2, 0.25) is 0 Å². The van der Waals surface area contributed by atoms with Crippen molar-refractivity contribution in [2.45, 2.75) is 290 Å². The second kappa shape index (κ2) is 72.0. The number of allylic oxidation sites excluding steroid dienone is 26. The fourth-order valence-corrected chi connectivity index (χ4v) is 10.9. The van der Waals surface area contributed by atoms with Crippen LogP contribution in [0.4, 0.5) is 0 Å². The fraction of sp³-hybridized carbons (Fsp3) is 0.630. The van der Waals surface area contributed by atoms with Gasteiger partial charge in [0, 0.05) is 25.7 Å². The molecule has 0 saturated carbocycles. The van der Waals surface area contributed by atoms with Gasteiger partial charge >= 0.3 is 39.5 Å². The Bertz CT molecular complexity index is 2520. The topological polar surface area (TPSA) is 237 Å². The quantitative estimate of drug-likeness (QED) is 0.0169. The van der Waals surface area contributed by atoms with Crippen LogP contribution >= 0.6 is 15.6 Å². The molecule has 0 amide bonds. The Hall–Kier alpha value is -5.32. The molecule has 0 aliphatic rings. The van der Waals surface area contributed by atoms with Crippen LogP contribution in [-0.4, -0.2) is 96.7 Å². The number of carbonyl (C=O) groups excluding carboxylic acids is 4. The molecule has 19 heteroatoms. The third-order valence-corrected chi connectivity index (χ3v) is 16.9. The number of hydrogen-bond donors (Lipinski definition) is 3. The summed E-state index contributed by atoms with van der Waals surface area (Å²) in [5, 5.41) is 10.6. The molecule has 17 nitrogen and oxygen atoms in total. The molecule has 0 aliphatic heterocycles. The molecule has 0 radical (unpaired) electrons. The molecule has 0 saturated heterocycles. The average molecular weight is 1440 g/mol. The highest BCUT2D eigenvalue weighted by Crippen LogP contribution is 2.45. The highest BCUT2D eigenvalue weighted by molar-refractivity contribution is 7.47. The Morgan fingerprint density at radius 2 is 0.530 bits per heavy atom. The Labute approximate surface area is 604 Å². The summed E-state index contributed by atoms with van der Waals surface area (Å²) in [6.45, 7) is 4.35. The van der Waals surface area contributed by atoms with Crippen molar-refractivity contribution in [3.05, 3.63) is 158 Å². The van der Waals surface area contributed by atoms with Crippen molar-refractivity contribution in [3.8, 4) is 0 Å². The zero-order valence-electron chi connectivity index (χ0n) is 61.8. The minimum atomic E-state index is -5.00. The van der Waals surface area contributed by atoms with Crippen molar-refractivity contribution in [1.82, 2.24) is 0 Å². The molecule has 3 N–H and O–H groups in total. The fourth-order valence-electron chi connectivity index (χ4n) is 9.31. The normalized spacial score (nSPS) is 14.8. The minimum absolute atomic E-state index is 0.0568. The van der Waals surface area contributed by atoms with Crippen LogP contribution in [0, 0.1) is 0 Å². The number of rotatable bonds is 69. The highest BCUT2D eigenvalue weighted by atomic mass is 31.2. The lowest BCUT2D eigenvalue weighted by Gasteiger charge is -2.21. The van der Waals surface area contributed by atoms with Crippen LogP contribution in [0.25, 0.3) is 0 Å². The molecule has 0 aromatic rings. The summed E-state index contributed by atoms with van der Waals surface area (Å²) >= 11 is 0. The van der Waals surface area contributed by atoms with E-state index in [0.29, 0.717) is 32.1 Å². The van der Waals surface area contributed by atoms with E-state index in [1.807, 2.05) is 12.2 Å². The van der Waals surface area contributed by atoms with Gasteiger partial charge in [-0.3, -0.25) is 37.3 Å². The first kappa shape index (κ1) is 94.7. The van der Waals surface area contributed by atoms with Gasteiger partial charge in [-0.15, -0.1) is 0 Å². The Morgan fingerprint density at radius 3 is 0.870 bits per heavy atom. The number of carbonyl (C=O) groups is 4. The van der Waals surface area contributed by atoms with E-state index in [4.69, 9.17) is 37.0 Å². The molecule has 0 aromatic carbocycles. The van der Waals surface area contributed by atoms with Crippen LogP contribution in [-0.2, 0) is 65.4 Å². The van der Waals surface area contributed by atoms with Gasteiger partial charge in [0.25, 0.3) is 0 Å². The van der Waals surface area contributed by atoms with Crippen LogP contribution in [0.1, 0.15) is 272 Å². The summed E-state index contributed by atoms with van der Waals surface area (Å²) in [6.07, 6.45) is 82.5. The maximum Gasteiger partial charge on any atom is 0.472 e. The summed E-state index contributed by atoms with van der Waals surface area (Å²) in [5.74, 6) is -2.33. The smallest absolute Gasteiger partial charge is 0.462 e. The lowest BCUT2D eigenvalue weighted by Crippen LogP contribution is -2.30. The standard InChI is InChI=1S/C81H132O17P2/c1-5-9-13-17-21-25-29-33-36-37-40-43-46-50-54-58-62-66-79(84)92-72-77(98-81(86)68-64-60-56-52-48-44-39-35-31-27-23-19-15-11-7-3)74-96-100(89,90)94-70-75(82)69-93-99(87,88)95-73-76(97-80(85)67-63-59-55-51-47-41-32-28-24-20-16-12-8-4)71-91-78(83)65-61-57-53-49-45-42-38-34-30-26-22-18-14-10-6-2/h9-11,13-15,21-23,25-28,32-36,38-40,43,45,49-50,54,75-77,82H,5-8,12,16-20,24,29-31,37,41-42,44,46-48,51-53,55-74H2,1-4H3,(H,87,88)(H,89,90)/b13-9-,14-10-,15-11-,25-21-,26-22-,27-23-,32-28-,36-33-,38-34-,39-35-,43-40-,49-45-,54-50-. The lowest BCUT2D eigenvalue weighted by atomic mass is 10.1. The van der Waals surface area contributed by atoms with Crippen LogP contribution in [0.5, 0.6) is 0 Å². The molecule has 0 spiro atoms. The van der Waals surface area contributed by atoms with Gasteiger partial charge in [0.05, 0.1) is 26.4 Å². The summed E-state index contributed by atoms with van der Waals surface area (Å²) in [7, 11) is -9.99.